The molecule has 1 fully saturated rings. The van der Waals surface area contributed by atoms with Crippen molar-refractivity contribution < 1.29 is 127 Å². The van der Waals surface area contributed by atoms with E-state index in [2.05, 4.69) is 25.3 Å². The summed E-state index contributed by atoms with van der Waals surface area (Å²) in [5.41, 5.74) is 0. The SMILES string of the molecule is C.C.C/C=C/C=O.C1CCOC1.CC(=O)S.CC(=O)SC(C)CC=O.CC(=O)SC(C)CCO.CC(S)CCO.Cl.[B].[H-].[K+].[Na+].[OH-]. The van der Waals surface area contributed by atoms with Crippen LogP contribution in [0.2, 0.25) is 0 Å². The van der Waals surface area contributed by atoms with Crippen LogP contribution in [0.4, 0.5) is 0 Å². The standard InChI is InChI=1S/C6H12O2S.C6H10O2S.C4H10OS.C4H8O.C4H6O.C2H4OS.2CH4.B.ClH.K.Na.H2O.H/c2*1-5(3-4-7)9-6(2)8;1-4(6)2-3-5;1-2-4-5-3-1;1-2-3-4-5;1-2(3)4;;;;;;;;/h5,7H,3-4H2,1-2H3;4-5H,3H2,1-2H3;4-6H,2-3H2,1H3;1-4H2;2-4H,1H3;1H3,(H,3,4);2*1H4;;1H;;;1H2;/q;;;;;;;;;;2*+1;;-1/p-1/b;;;;3-2+;;;;;;;;;. The van der Waals surface area contributed by atoms with Gasteiger partial charge in [0.15, 0.2) is 15.3 Å². The monoisotopic (exact) mass is 777 g/mol. The third-order valence-corrected chi connectivity index (χ3v) is 5.50. The van der Waals surface area contributed by atoms with Crippen LogP contribution in [0.1, 0.15) is 96.9 Å². The van der Waals surface area contributed by atoms with E-state index in [0.717, 1.165) is 32.2 Å². The van der Waals surface area contributed by atoms with Crippen LogP contribution in [0.3, 0.4) is 0 Å². The van der Waals surface area contributed by atoms with Gasteiger partial charge in [-0.05, 0) is 38.7 Å². The zero-order valence-electron chi connectivity index (χ0n) is 28.4. The van der Waals surface area contributed by atoms with Crippen LogP contribution in [0, 0.1) is 0 Å². The molecule has 17 heteroatoms. The van der Waals surface area contributed by atoms with Gasteiger partial charge in [0.1, 0.15) is 12.6 Å². The van der Waals surface area contributed by atoms with E-state index in [0.29, 0.717) is 18.1 Å². The van der Waals surface area contributed by atoms with Crippen molar-refractivity contribution in [3.8, 4) is 0 Å². The van der Waals surface area contributed by atoms with E-state index < -0.39 is 0 Å². The van der Waals surface area contributed by atoms with Gasteiger partial charge in [0.2, 0.25) is 0 Å². The molecule has 3 atom stereocenters. The van der Waals surface area contributed by atoms with Gasteiger partial charge in [0.05, 0.1) is 0 Å². The van der Waals surface area contributed by atoms with Crippen molar-refractivity contribution in [1.82, 2.24) is 0 Å². The minimum Gasteiger partial charge on any atom is -1.00 e. The summed E-state index contributed by atoms with van der Waals surface area (Å²) in [6, 6.07) is 0. The molecule has 3 radical (unpaired) electrons. The smallest absolute Gasteiger partial charge is 1.00 e. The summed E-state index contributed by atoms with van der Waals surface area (Å²) in [6.07, 6.45) is 9.23. The summed E-state index contributed by atoms with van der Waals surface area (Å²) in [5.74, 6) is 0. The molecular weight excluding hydrogens is 717 g/mol. The predicted molar refractivity (Wildman–Crippen MR) is 198 cm³/mol. The van der Waals surface area contributed by atoms with Crippen molar-refractivity contribution in [2.24, 2.45) is 0 Å². The molecule has 1 rings (SSSR count). The maximum atomic E-state index is 10.4. The van der Waals surface area contributed by atoms with Crippen molar-refractivity contribution in [3.05, 3.63) is 12.2 Å². The Balaban J connectivity index is -0.0000000255. The Morgan fingerprint density at radius 2 is 1.27 bits per heavy atom. The Morgan fingerprint density at radius 1 is 0.911 bits per heavy atom. The average Bonchev–Trinajstić information content (AvgIpc) is 3.35. The number of aliphatic hydroxyl groups excluding tert-OH is 2. The molecule has 0 aromatic carbocycles. The van der Waals surface area contributed by atoms with E-state index in [1.165, 1.54) is 56.3 Å². The van der Waals surface area contributed by atoms with Crippen LogP contribution in [-0.4, -0.2) is 94.2 Å². The Labute approximate surface area is 369 Å². The molecule has 0 saturated carbocycles. The van der Waals surface area contributed by atoms with E-state index in [1.807, 2.05) is 20.8 Å². The molecule has 0 aromatic rings. The number of thiol groups is 2. The number of carbonyl (C=O) groups is 5. The summed E-state index contributed by atoms with van der Waals surface area (Å²) in [6.45, 7) is 14.4. The molecule has 1 saturated heterocycles. The van der Waals surface area contributed by atoms with Crippen LogP contribution in [0.5, 0.6) is 0 Å². The number of rotatable bonds is 9. The molecule has 263 valence electrons. The van der Waals surface area contributed by atoms with E-state index in [4.69, 9.17) is 14.9 Å². The molecular formula is C28H61BClKNaO9S4. The maximum absolute atomic E-state index is 10.4. The predicted octanol–water partition coefficient (Wildman–Crippen LogP) is 0.246. The first-order valence-electron chi connectivity index (χ1n) is 12.3. The summed E-state index contributed by atoms with van der Waals surface area (Å²) in [7, 11) is 0. The number of halogens is 1. The minimum atomic E-state index is -0.139. The van der Waals surface area contributed by atoms with Crippen LogP contribution in [0.15, 0.2) is 12.2 Å². The molecule has 1 aliphatic heterocycles. The van der Waals surface area contributed by atoms with E-state index in [1.54, 1.807) is 19.9 Å². The fraction of sp³-hybridized carbons (Fsp3) is 0.750. The van der Waals surface area contributed by atoms with Gasteiger partial charge in [0.25, 0.3) is 0 Å². The number of carbonyl (C=O) groups excluding carboxylic acids is 5. The van der Waals surface area contributed by atoms with Crippen LogP contribution >= 0.6 is 61.2 Å². The second-order valence-electron chi connectivity index (χ2n) is 7.62. The molecule has 1 heterocycles. The summed E-state index contributed by atoms with van der Waals surface area (Å²) >= 11 is 9.83. The number of hydrogen-bond acceptors (Lipinski definition) is 12. The first kappa shape index (κ1) is 81.4. The fourth-order valence-corrected chi connectivity index (χ4v) is 3.41. The molecule has 45 heavy (non-hydrogen) atoms. The van der Waals surface area contributed by atoms with Crippen LogP contribution < -0.4 is 80.9 Å². The zero-order chi connectivity index (χ0) is 30.8. The summed E-state index contributed by atoms with van der Waals surface area (Å²) in [4.78, 5) is 49.3. The number of allylic oxidation sites excluding steroid dienone is 2. The largest absolute Gasteiger partial charge is 1.00 e. The molecule has 0 bridgehead atoms. The Kier molecular flexibility index (Phi) is 130. The molecule has 3 N–H and O–H groups in total. The normalized spacial score (nSPS) is 11.4. The molecule has 0 spiro atoms. The molecule has 9 nitrogen and oxygen atoms in total. The molecule has 0 amide bonds. The zero-order valence-corrected chi connectivity index (χ0v) is 36.8. The first-order chi connectivity index (χ1) is 17.7. The number of aldehydes is 2. The minimum absolute atomic E-state index is 0. The van der Waals surface area contributed by atoms with Crippen molar-refractivity contribution in [3.63, 3.8) is 0 Å². The van der Waals surface area contributed by atoms with Gasteiger partial charge in [-0.25, -0.2) is 0 Å². The third kappa shape index (κ3) is 131. The summed E-state index contributed by atoms with van der Waals surface area (Å²) < 4.78 is 4.94. The number of thioether (sulfide) groups is 2. The van der Waals surface area contributed by atoms with Crippen molar-refractivity contribution in [2.75, 3.05) is 26.4 Å². The van der Waals surface area contributed by atoms with Crippen LogP contribution in [-0.2, 0) is 28.7 Å². The van der Waals surface area contributed by atoms with Crippen LogP contribution in [0.25, 0.3) is 0 Å². The summed E-state index contributed by atoms with van der Waals surface area (Å²) in [5, 5.41) is 17.4. The molecule has 3 unspecified atom stereocenters. The maximum Gasteiger partial charge on any atom is 1.00 e. The Bertz CT molecular complexity index is 610. The average molecular weight is 778 g/mol. The third-order valence-electron chi connectivity index (χ3n) is 3.34. The fourth-order valence-electron chi connectivity index (χ4n) is 1.77. The van der Waals surface area contributed by atoms with Crippen molar-refractivity contribution in [1.29, 1.82) is 0 Å². The van der Waals surface area contributed by atoms with Crippen molar-refractivity contribution in [2.45, 2.75) is 111 Å². The van der Waals surface area contributed by atoms with Gasteiger partial charge >= 0.3 is 80.9 Å². The molecule has 1 aliphatic rings. The Hall–Kier alpha value is 2.32. The second kappa shape index (κ2) is 72.1. The molecule has 0 aliphatic carbocycles. The number of hydrogen-bond donors (Lipinski definition) is 4. The van der Waals surface area contributed by atoms with E-state index >= 15 is 0 Å². The first-order valence-corrected chi connectivity index (χ1v) is 15.0. The van der Waals surface area contributed by atoms with E-state index in [9.17, 15) is 24.0 Å². The topological polar surface area (TPSA) is 165 Å². The van der Waals surface area contributed by atoms with Gasteiger partial charge in [-0.2, -0.15) is 12.6 Å². The second-order valence-corrected chi connectivity index (χ2v) is 12.4. The van der Waals surface area contributed by atoms with Gasteiger partial charge in [-0.15, -0.1) is 25.0 Å². The number of aliphatic hydroxyl groups is 2. The van der Waals surface area contributed by atoms with Crippen molar-refractivity contribution >= 4 is 97.5 Å². The van der Waals surface area contributed by atoms with Gasteiger partial charge < -0.3 is 26.6 Å². The Morgan fingerprint density at radius 3 is 1.42 bits per heavy atom. The van der Waals surface area contributed by atoms with E-state index in [-0.39, 0.29) is 163 Å². The van der Waals surface area contributed by atoms with Gasteiger partial charge in [-0.3, -0.25) is 19.2 Å². The molecule has 0 aromatic heterocycles. The van der Waals surface area contributed by atoms with Gasteiger partial charge in [0, 0.05) is 77.8 Å². The number of ether oxygens (including phenoxy) is 1. The quantitative estimate of drug-likeness (QED) is 0.110. The van der Waals surface area contributed by atoms with Gasteiger partial charge in [-0.1, -0.05) is 65.2 Å².